The van der Waals surface area contributed by atoms with Crippen molar-refractivity contribution in [1.82, 2.24) is 0 Å². The second-order valence-corrected chi connectivity index (χ2v) is 4.79. The molecule has 2 aromatic rings. The van der Waals surface area contributed by atoms with Gasteiger partial charge in [-0.05, 0) is 36.4 Å². The van der Waals surface area contributed by atoms with Crippen LogP contribution in [0.2, 0.25) is 0 Å². The molecule has 1 aromatic carbocycles. The fourth-order valence-electron chi connectivity index (χ4n) is 1.37. The molecule has 0 aliphatic carbocycles. The Kier molecular flexibility index (Phi) is 3.41. The van der Waals surface area contributed by atoms with Gasteiger partial charge in [-0.2, -0.15) is 0 Å². The Morgan fingerprint density at radius 1 is 1.25 bits per heavy atom. The Labute approximate surface area is 96.9 Å². The molecule has 1 N–H and O–H groups in total. The third kappa shape index (κ3) is 2.73. The molecule has 0 aliphatic heterocycles. The van der Waals surface area contributed by atoms with Gasteiger partial charge in [0.2, 0.25) is 0 Å². The lowest BCUT2D eigenvalue weighted by Crippen LogP contribution is -1.98. The Hall–Kier alpha value is -1.55. The molecule has 0 amide bonds. The molecule has 1 aromatic heterocycles. The van der Waals surface area contributed by atoms with E-state index in [9.17, 15) is 4.21 Å². The van der Waals surface area contributed by atoms with Crippen LogP contribution in [0.3, 0.4) is 0 Å². The van der Waals surface area contributed by atoms with Crippen LogP contribution in [-0.4, -0.2) is 10.5 Å². The van der Waals surface area contributed by atoms with E-state index >= 15 is 0 Å². The Bertz CT molecular complexity index is 462. The summed E-state index contributed by atoms with van der Waals surface area (Å²) in [5, 5.41) is 3.22. The molecule has 1 heterocycles. The minimum atomic E-state index is -0.917. The number of nitrogens with one attached hydrogen (secondary N) is 1. The normalized spacial score (nSPS) is 12.3. The highest BCUT2D eigenvalue weighted by Gasteiger charge is 1.98. The predicted molar refractivity (Wildman–Crippen MR) is 64.8 cm³/mol. The zero-order chi connectivity index (χ0) is 11.4. The maximum absolute atomic E-state index is 11.2. The topological polar surface area (TPSA) is 42.2 Å². The predicted octanol–water partition coefficient (Wildman–Crippen LogP) is 2.63. The molecular weight excluding hydrogens is 222 g/mol. The Morgan fingerprint density at radius 3 is 2.56 bits per heavy atom. The zero-order valence-corrected chi connectivity index (χ0v) is 9.79. The lowest BCUT2D eigenvalue weighted by atomic mass is 10.3. The molecule has 0 bridgehead atoms. The molecule has 1 unspecified atom stereocenters. The van der Waals surface area contributed by atoms with Crippen molar-refractivity contribution < 1.29 is 8.63 Å². The summed E-state index contributed by atoms with van der Waals surface area (Å²) in [7, 11) is -0.917. The molecule has 0 saturated carbocycles. The fourth-order valence-corrected chi connectivity index (χ4v) is 1.89. The van der Waals surface area contributed by atoms with Crippen LogP contribution in [0.15, 0.2) is 52.0 Å². The maximum atomic E-state index is 11.2. The van der Waals surface area contributed by atoms with Crippen molar-refractivity contribution in [2.24, 2.45) is 0 Å². The third-order valence-electron chi connectivity index (χ3n) is 2.23. The van der Waals surface area contributed by atoms with Crippen molar-refractivity contribution in [2.45, 2.75) is 11.4 Å². The molecule has 0 saturated heterocycles. The van der Waals surface area contributed by atoms with Gasteiger partial charge in [0.25, 0.3) is 0 Å². The molecule has 3 nitrogen and oxygen atoms in total. The second-order valence-electron chi connectivity index (χ2n) is 3.41. The molecule has 84 valence electrons. The average molecular weight is 235 g/mol. The van der Waals surface area contributed by atoms with Crippen molar-refractivity contribution in [2.75, 3.05) is 11.6 Å². The highest BCUT2D eigenvalue weighted by molar-refractivity contribution is 7.84. The highest BCUT2D eigenvalue weighted by atomic mass is 32.2. The van der Waals surface area contributed by atoms with E-state index in [-0.39, 0.29) is 0 Å². The SMILES string of the molecule is CS(=O)c1ccc(NCc2ccco2)cc1. The van der Waals surface area contributed by atoms with Crippen molar-refractivity contribution >= 4 is 16.5 Å². The Balaban J connectivity index is 1.98. The largest absolute Gasteiger partial charge is 0.467 e. The van der Waals surface area contributed by atoms with Crippen molar-refractivity contribution in [3.63, 3.8) is 0 Å². The molecule has 16 heavy (non-hydrogen) atoms. The van der Waals surface area contributed by atoms with E-state index in [1.165, 1.54) is 0 Å². The van der Waals surface area contributed by atoms with Gasteiger partial charge in [0, 0.05) is 27.6 Å². The van der Waals surface area contributed by atoms with Crippen LogP contribution >= 0.6 is 0 Å². The monoisotopic (exact) mass is 235 g/mol. The van der Waals surface area contributed by atoms with E-state index in [0.29, 0.717) is 6.54 Å². The summed E-state index contributed by atoms with van der Waals surface area (Å²) in [5.41, 5.74) is 0.991. The van der Waals surface area contributed by atoms with E-state index in [1.54, 1.807) is 12.5 Å². The summed E-state index contributed by atoms with van der Waals surface area (Å²) >= 11 is 0. The second kappa shape index (κ2) is 4.99. The maximum Gasteiger partial charge on any atom is 0.122 e. The van der Waals surface area contributed by atoms with E-state index in [2.05, 4.69) is 5.32 Å². The Morgan fingerprint density at radius 2 is 2.00 bits per heavy atom. The molecule has 0 fully saturated rings. The summed E-state index contributed by atoms with van der Waals surface area (Å²) in [5.74, 6) is 0.892. The van der Waals surface area contributed by atoms with Gasteiger partial charge in [-0.25, -0.2) is 0 Å². The van der Waals surface area contributed by atoms with Crippen LogP contribution in [0, 0.1) is 0 Å². The molecule has 1 atom stereocenters. The molecular formula is C12H13NO2S. The first-order valence-electron chi connectivity index (χ1n) is 4.95. The molecule has 0 spiro atoms. The number of rotatable bonds is 4. The van der Waals surface area contributed by atoms with Gasteiger partial charge in [0.1, 0.15) is 5.76 Å². The van der Waals surface area contributed by atoms with Gasteiger partial charge in [0.15, 0.2) is 0 Å². The van der Waals surface area contributed by atoms with E-state index in [1.807, 2.05) is 36.4 Å². The quantitative estimate of drug-likeness (QED) is 0.885. The van der Waals surface area contributed by atoms with Gasteiger partial charge in [-0.3, -0.25) is 4.21 Å². The number of hydrogen-bond acceptors (Lipinski definition) is 3. The highest BCUT2D eigenvalue weighted by Crippen LogP contribution is 2.13. The number of furan rings is 1. The van der Waals surface area contributed by atoms with Gasteiger partial charge in [-0.15, -0.1) is 0 Å². The lowest BCUT2D eigenvalue weighted by molar-refractivity contribution is 0.518. The zero-order valence-electron chi connectivity index (χ0n) is 8.97. The smallest absolute Gasteiger partial charge is 0.122 e. The van der Waals surface area contributed by atoms with Gasteiger partial charge < -0.3 is 9.73 Å². The molecule has 4 heteroatoms. The number of benzene rings is 1. The summed E-state index contributed by atoms with van der Waals surface area (Å²) < 4.78 is 16.4. The lowest BCUT2D eigenvalue weighted by Gasteiger charge is -2.04. The summed E-state index contributed by atoms with van der Waals surface area (Å²) in [6, 6.07) is 11.3. The molecule has 2 rings (SSSR count). The minimum Gasteiger partial charge on any atom is -0.467 e. The van der Waals surface area contributed by atoms with E-state index in [0.717, 1.165) is 16.3 Å². The van der Waals surface area contributed by atoms with E-state index in [4.69, 9.17) is 4.42 Å². The molecule has 0 radical (unpaired) electrons. The summed E-state index contributed by atoms with van der Waals surface area (Å²) in [4.78, 5) is 0.837. The van der Waals surface area contributed by atoms with Crippen molar-refractivity contribution in [3.05, 3.63) is 48.4 Å². The van der Waals surface area contributed by atoms with Gasteiger partial charge >= 0.3 is 0 Å². The van der Waals surface area contributed by atoms with Crippen LogP contribution in [0.1, 0.15) is 5.76 Å². The van der Waals surface area contributed by atoms with Crippen LogP contribution in [0.25, 0.3) is 0 Å². The molecule has 0 aliphatic rings. The summed E-state index contributed by atoms with van der Waals surface area (Å²) in [6.45, 7) is 0.654. The standard InChI is InChI=1S/C12H13NO2S/c1-16(14)12-6-4-10(5-7-12)13-9-11-3-2-8-15-11/h2-8,13H,9H2,1H3. The van der Waals surface area contributed by atoms with Crippen LogP contribution in [0.5, 0.6) is 0 Å². The number of hydrogen-bond donors (Lipinski definition) is 1. The third-order valence-corrected chi connectivity index (χ3v) is 3.17. The van der Waals surface area contributed by atoms with Crippen LogP contribution in [-0.2, 0) is 17.3 Å². The van der Waals surface area contributed by atoms with Crippen LogP contribution in [0.4, 0.5) is 5.69 Å². The fraction of sp³-hybridized carbons (Fsp3) is 0.167. The van der Waals surface area contributed by atoms with Gasteiger partial charge in [-0.1, -0.05) is 0 Å². The average Bonchev–Trinajstić information content (AvgIpc) is 2.80. The first kappa shape index (κ1) is 11.0. The first-order valence-corrected chi connectivity index (χ1v) is 6.51. The number of anilines is 1. The summed E-state index contributed by atoms with van der Waals surface area (Å²) in [6.07, 6.45) is 3.33. The van der Waals surface area contributed by atoms with Crippen LogP contribution < -0.4 is 5.32 Å². The van der Waals surface area contributed by atoms with Gasteiger partial charge in [0.05, 0.1) is 12.8 Å². The van der Waals surface area contributed by atoms with E-state index < -0.39 is 10.8 Å². The van der Waals surface area contributed by atoms with Crippen molar-refractivity contribution in [1.29, 1.82) is 0 Å². The minimum absolute atomic E-state index is 0.654. The van der Waals surface area contributed by atoms with Crippen molar-refractivity contribution in [3.8, 4) is 0 Å². The first-order chi connectivity index (χ1) is 7.75.